The van der Waals surface area contributed by atoms with Gasteiger partial charge in [0, 0.05) is 0 Å². The zero-order chi connectivity index (χ0) is 10.2. The normalized spacial score (nSPS) is 17.6. The summed E-state index contributed by atoms with van der Waals surface area (Å²) in [6.07, 6.45) is 2.99. The zero-order valence-corrected chi connectivity index (χ0v) is 9.50. The fraction of sp³-hybridized carbons (Fsp3) is 0.364. The molecular weight excluding hydrogens is 244 g/mol. The molecule has 0 spiro atoms. The molecule has 0 aliphatic heterocycles. The molecular formula is C11H11BrO2. The summed E-state index contributed by atoms with van der Waals surface area (Å²) in [6.45, 7) is 0. The highest BCUT2D eigenvalue weighted by atomic mass is 79.9. The summed E-state index contributed by atoms with van der Waals surface area (Å²) in [6, 6.07) is 5.83. The predicted molar refractivity (Wildman–Crippen MR) is 57.7 cm³/mol. The second-order valence-electron chi connectivity index (χ2n) is 3.62. The second kappa shape index (κ2) is 3.39. The van der Waals surface area contributed by atoms with Crippen LogP contribution in [0.4, 0.5) is 0 Å². The van der Waals surface area contributed by atoms with E-state index < -0.39 is 0 Å². The lowest BCUT2D eigenvalue weighted by Gasteiger charge is -2.10. The molecule has 0 atom stereocenters. The van der Waals surface area contributed by atoms with E-state index in [2.05, 4.69) is 15.9 Å². The van der Waals surface area contributed by atoms with Crippen LogP contribution in [0.25, 0.3) is 0 Å². The highest BCUT2D eigenvalue weighted by Gasteiger charge is 2.44. The molecule has 2 rings (SSSR count). The molecule has 0 heterocycles. The van der Waals surface area contributed by atoms with Gasteiger partial charge in [0.05, 0.1) is 17.0 Å². The van der Waals surface area contributed by atoms with Crippen LogP contribution in [0.1, 0.15) is 18.4 Å². The summed E-state index contributed by atoms with van der Waals surface area (Å²) in [5.41, 5.74) is 0.884. The Balaban J connectivity index is 2.38. The van der Waals surface area contributed by atoms with E-state index >= 15 is 0 Å². The maximum atomic E-state index is 10.9. The minimum Gasteiger partial charge on any atom is -0.496 e. The minimum atomic E-state index is -0.200. The maximum absolute atomic E-state index is 10.9. The van der Waals surface area contributed by atoms with E-state index in [-0.39, 0.29) is 5.41 Å². The van der Waals surface area contributed by atoms with E-state index in [0.717, 1.165) is 34.9 Å². The maximum Gasteiger partial charge on any atom is 0.133 e. The van der Waals surface area contributed by atoms with Gasteiger partial charge in [-0.25, -0.2) is 0 Å². The van der Waals surface area contributed by atoms with Gasteiger partial charge in [-0.1, -0.05) is 6.07 Å². The molecule has 3 heteroatoms. The first-order valence-corrected chi connectivity index (χ1v) is 5.31. The van der Waals surface area contributed by atoms with Crippen molar-refractivity contribution in [2.75, 3.05) is 7.11 Å². The van der Waals surface area contributed by atoms with Gasteiger partial charge in [0.1, 0.15) is 12.0 Å². The highest BCUT2D eigenvalue weighted by Crippen LogP contribution is 2.47. The van der Waals surface area contributed by atoms with Gasteiger partial charge in [-0.3, -0.25) is 0 Å². The fourth-order valence-corrected chi connectivity index (χ4v) is 2.13. The van der Waals surface area contributed by atoms with Crippen molar-refractivity contribution >= 4 is 22.2 Å². The number of halogens is 1. The quantitative estimate of drug-likeness (QED) is 0.776. The van der Waals surface area contributed by atoms with Gasteiger partial charge < -0.3 is 9.53 Å². The van der Waals surface area contributed by atoms with Crippen LogP contribution < -0.4 is 4.74 Å². The molecule has 0 unspecified atom stereocenters. The first-order valence-electron chi connectivity index (χ1n) is 4.52. The summed E-state index contributed by atoms with van der Waals surface area (Å²) in [5, 5.41) is 0. The smallest absolute Gasteiger partial charge is 0.133 e. The number of hydrogen-bond acceptors (Lipinski definition) is 2. The molecule has 1 aromatic rings. The van der Waals surface area contributed by atoms with Crippen LogP contribution in [-0.2, 0) is 10.2 Å². The summed E-state index contributed by atoms with van der Waals surface area (Å²) >= 11 is 3.42. The van der Waals surface area contributed by atoms with Crippen LogP contribution >= 0.6 is 15.9 Å². The number of rotatable bonds is 3. The molecule has 2 nitrogen and oxygen atoms in total. The van der Waals surface area contributed by atoms with Crippen LogP contribution in [0.15, 0.2) is 22.7 Å². The van der Waals surface area contributed by atoms with E-state index in [1.165, 1.54) is 0 Å². The average Bonchev–Trinajstić information content (AvgIpc) is 2.98. The van der Waals surface area contributed by atoms with E-state index in [1.807, 2.05) is 18.2 Å². The van der Waals surface area contributed by atoms with Gasteiger partial charge in [0.2, 0.25) is 0 Å². The number of hydrogen-bond donors (Lipinski definition) is 0. The van der Waals surface area contributed by atoms with Gasteiger partial charge >= 0.3 is 0 Å². The Morgan fingerprint density at radius 1 is 1.50 bits per heavy atom. The number of carbonyl (C=O) groups excluding carboxylic acids is 1. The van der Waals surface area contributed by atoms with Gasteiger partial charge in [-0.05, 0) is 46.5 Å². The standard InChI is InChI=1S/C11H11BrO2/c1-14-10-3-2-8(6-9(10)12)11(7-13)4-5-11/h2-3,6-7H,4-5H2,1H3. The third-order valence-corrected chi connectivity index (χ3v) is 3.36. The Morgan fingerprint density at radius 2 is 2.21 bits per heavy atom. The highest BCUT2D eigenvalue weighted by molar-refractivity contribution is 9.10. The van der Waals surface area contributed by atoms with Crippen LogP contribution in [0.3, 0.4) is 0 Å². The fourth-order valence-electron chi connectivity index (χ4n) is 1.59. The summed E-state index contributed by atoms with van der Waals surface area (Å²) in [4.78, 5) is 10.9. The van der Waals surface area contributed by atoms with Crippen molar-refractivity contribution in [2.24, 2.45) is 0 Å². The molecule has 0 saturated heterocycles. The average molecular weight is 255 g/mol. The minimum absolute atomic E-state index is 0.200. The lowest BCUT2D eigenvalue weighted by molar-refractivity contribution is -0.109. The van der Waals surface area contributed by atoms with Gasteiger partial charge in [0.25, 0.3) is 0 Å². The molecule has 0 aromatic heterocycles. The summed E-state index contributed by atoms with van der Waals surface area (Å²) in [5.74, 6) is 0.801. The van der Waals surface area contributed by atoms with Crippen LogP contribution in [-0.4, -0.2) is 13.4 Å². The number of methoxy groups -OCH3 is 1. The Morgan fingerprint density at radius 3 is 2.64 bits per heavy atom. The third-order valence-electron chi connectivity index (χ3n) is 2.74. The Bertz CT molecular complexity index is 370. The second-order valence-corrected chi connectivity index (χ2v) is 4.48. The van der Waals surface area contributed by atoms with Gasteiger partial charge in [-0.15, -0.1) is 0 Å². The molecule has 0 radical (unpaired) electrons. The number of benzene rings is 1. The van der Waals surface area contributed by atoms with Crippen molar-refractivity contribution < 1.29 is 9.53 Å². The SMILES string of the molecule is COc1ccc(C2(C=O)CC2)cc1Br. The third kappa shape index (κ3) is 1.46. The summed E-state index contributed by atoms with van der Waals surface area (Å²) in [7, 11) is 1.63. The first kappa shape index (κ1) is 9.71. The van der Waals surface area contributed by atoms with E-state index in [4.69, 9.17) is 4.74 Å². The molecule has 1 saturated carbocycles. The van der Waals surface area contributed by atoms with Crippen molar-refractivity contribution in [3.63, 3.8) is 0 Å². The van der Waals surface area contributed by atoms with Crippen molar-refractivity contribution in [3.8, 4) is 5.75 Å². The Kier molecular flexibility index (Phi) is 2.35. The van der Waals surface area contributed by atoms with E-state index in [1.54, 1.807) is 7.11 Å². The molecule has 1 fully saturated rings. The van der Waals surface area contributed by atoms with E-state index in [0.29, 0.717) is 0 Å². The number of aldehydes is 1. The van der Waals surface area contributed by atoms with Gasteiger partial charge in [0.15, 0.2) is 0 Å². The van der Waals surface area contributed by atoms with Crippen molar-refractivity contribution in [3.05, 3.63) is 28.2 Å². The topological polar surface area (TPSA) is 26.3 Å². The molecule has 74 valence electrons. The lowest BCUT2D eigenvalue weighted by atomic mass is 9.98. The van der Waals surface area contributed by atoms with Crippen molar-refractivity contribution in [1.29, 1.82) is 0 Å². The number of carbonyl (C=O) groups is 1. The monoisotopic (exact) mass is 254 g/mol. The summed E-state index contributed by atoms with van der Waals surface area (Å²) < 4.78 is 6.04. The van der Waals surface area contributed by atoms with E-state index in [9.17, 15) is 4.79 Å². The lowest BCUT2D eigenvalue weighted by Crippen LogP contribution is -2.07. The first-order chi connectivity index (χ1) is 6.72. The molecule has 1 aromatic carbocycles. The molecule has 1 aliphatic rings. The van der Waals surface area contributed by atoms with Crippen LogP contribution in [0, 0.1) is 0 Å². The largest absolute Gasteiger partial charge is 0.496 e. The Hall–Kier alpha value is -0.830. The molecule has 1 aliphatic carbocycles. The zero-order valence-electron chi connectivity index (χ0n) is 7.92. The van der Waals surface area contributed by atoms with Crippen molar-refractivity contribution in [2.45, 2.75) is 18.3 Å². The molecule has 0 N–H and O–H groups in total. The number of ether oxygens (including phenoxy) is 1. The molecule has 0 bridgehead atoms. The Labute approximate surface area is 91.4 Å². The van der Waals surface area contributed by atoms with Crippen molar-refractivity contribution in [1.82, 2.24) is 0 Å². The van der Waals surface area contributed by atoms with Crippen LogP contribution in [0.5, 0.6) is 5.75 Å². The molecule has 0 amide bonds. The predicted octanol–water partition coefficient (Wildman–Crippen LogP) is 2.69. The van der Waals surface area contributed by atoms with Gasteiger partial charge in [-0.2, -0.15) is 0 Å². The molecule has 14 heavy (non-hydrogen) atoms. The van der Waals surface area contributed by atoms with Crippen LogP contribution in [0.2, 0.25) is 0 Å².